The molecule has 6 heteroatoms. The van der Waals surface area contributed by atoms with E-state index in [1.807, 2.05) is 72.8 Å². The number of thiazole rings is 2. The average Bonchev–Trinajstić information content (AvgIpc) is 3.44. The molecule has 32 heavy (non-hydrogen) atoms. The summed E-state index contributed by atoms with van der Waals surface area (Å²) in [7, 11) is 0. The van der Waals surface area contributed by atoms with Crippen LogP contribution in [0, 0.1) is 0 Å². The van der Waals surface area contributed by atoms with Crippen molar-refractivity contribution in [3.63, 3.8) is 0 Å². The van der Waals surface area contributed by atoms with Crippen molar-refractivity contribution in [3.05, 3.63) is 84.9 Å². The van der Waals surface area contributed by atoms with Crippen molar-refractivity contribution in [1.82, 2.24) is 9.97 Å². The monoisotopic (exact) mass is 452 g/mol. The molecule has 4 aromatic carbocycles. The van der Waals surface area contributed by atoms with Crippen LogP contribution in [-0.4, -0.2) is 20.2 Å². The van der Waals surface area contributed by atoms with E-state index < -0.39 is 0 Å². The summed E-state index contributed by atoms with van der Waals surface area (Å²) in [4.78, 5) is 9.84. The standard InChI is InChI=1S/C26H16N2O2S2/c29-19-11-3-1-7-15(19)17-9-5-13-21-23(17)27-25(31-21)26-28-24-18(10-6-14-22(24)32-26)16-8-2-4-12-20(16)30/h1-14,29-30H. The number of para-hydroxylation sites is 4. The zero-order valence-corrected chi connectivity index (χ0v) is 18.3. The van der Waals surface area contributed by atoms with Crippen molar-refractivity contribution >= 4 is 43.1 Å². The number of phenolic OH excluding ortho intramolecular Hbond substituents is 2. The van der Waals surface area contributed by atoms with Gasteiger partial charge in [0.15, 0.2) is 10.0 Å². The molecule has 0 saturated carbocycles. The van der Waals surface area contributed by atoms with Crippen LogP contribution in [0.1, 0.15) is 0 Å². The first-order valence-electron chi connectivity index (χ1n) is 10.1. The third-order valence-corrected chi connectivity index (χ3v) is 7.59. The fourth-order valence-corrected chi connectivity index (χ4v) is 5.92. The molecule has 154 valence electrons. The molecule has 6 aromatic rings. The first-order valence-corrected chi connectivity index (χ1v) is 11.7. The van der Waals surface area contributed by atoms with E-state index in [0.717, 1.165) is 52.7 Å². The maximum atomic E-state index is 10.3. The summed E-state index contributed by atoms with van der Waals surface area (Å²) in [6, 6.07) is 26.7. The molecule has 2 heterocycles. The molecular formula is C26H16N2O2S2. The fraction of sp³-hybridized carbons (Fsp3) is 0. The number of benzene rings is 4. The second-order valence-electron chi connectivity index (χ2n) is 7.38. The van der Waals surface area contributed by atoms with E-state index in [-0.39, 0.29) is 11.5 Å². The number of hydrogen-bond acceptors (Lipinski definition) is 6. The molecule has 0 amide bonds. The molecule has 0 radical (unpaired) electrons. The number of aromatic nitrogens is 2. The summed E-state index contributed by atoms with van der Waals surface area (Å²) in [5, 5.41) is 22.4. The molecule has 0 spiro atoms. The van der Waals surface area contributed by atoms with E-state index >= 15 is 0 Å². The topological polar surface area (TPSA) is 66.2 Å². The lowest BCUT2D eigenvalue weighted by Crippen LogP contribution is -1.82. The Hall–Kier alpha value is -3.74. The van der Waals surface area contributed by atoms with Gasteiger partial charge in [-0.1, -0.05) is 60.7 Å². The smallest absolute Gasteiger partial charge is 0.153 e. The van der Waals surface area contributed by atoms with E-state index in [1.54, 1.807) is 34.8 Å². The minimum atomic E-state index is 0.238. The van der Waals surface area contributed by atoms with Gasteiger partial charge in [-0.15, -0.1) is 22.7 Å². The van der Waals surface area contributed by atoms with E-state index in [2.05, 4.69) is 0 Å². The van der Waals surface area contributed by atoms with Gasteiger partial charge in [-0.3, -0.25) is 0 Å². The molecule has 6 rings (SSSR count). The van der Waals surface area contributed by atoms with Crippen LogP contribution < -0.4 is 0 Å². The molecule has 0 aliphatic carbocycles. The highest BCUT2D eigenvalue weighted by molar-refractivity contribution is 7.27. The second-order valence-corrected chi connectivity index (χ2v) is 9.44. The highest BCUT2D eigenvalue weighted by Crippen LogP contribution is 2.42. The molecule has 0 atom stereocenters. The molecule has 0 aliphatic heterocycles. The summed E-state index contributed by atoms with van der Waals surface area (Å²) in [5.74, 6) is 0.476. The van der Waals surface area contributed by atoms with Crippen LogP contribution in [0.4, 0.5) is 0 Å². The van der Waals surface area contributed by atoms with Crippen molar-refractivity contribution in [2.45, 2.75) is 0 Å². The van der Waals surface area contributed by atoms with Gasteiger partial charge in [0.1, 0.15) is 11.5 Å². The van der Waals surface area contributed by atoms with Gasteiger partial charge in [-0.2, -0.15) is 0 Å². The summed E-state index contributed by atoms with van der Waals surface area (Å²) in [5.41, 5.74) is 5.05. The molecule has 0 saturated heterocycles. The Morgan fingerprint density at radius 3 is 1.31 bits per heavy atom. The number of fused-ring (bicyclic) bond motifs is 2. The predicted molar refractivity (Wildman–Crippen MR) is 132 cm³/mol. The lowest BCUT2D eigenvalue weighted by Gasteiger charge is -2.04. The maximum absolute atomic E-state index is 10.3. The van der Waals surface area contributed by atoms with Crippen molar-refractivity contribution in [2.75, 3.05) is 0 Å². The predicted octanol–water partition coefficient (Wildman–Crippen LogP) is 7.32. The van der Waals surface area contributed by atoms with Crippen LogP contribution in [0.25, 0.3) is 52.7 Å². The highest BCUT2D eigenvalue weighted by Gasteiger charge is 2.17. The molecule has 2 aromatic heterocycles. The zero-order valence-electron chi connectivity index (χ0n) is 16.7. The average molecular weight is 453 g/mol. The van der Waals surface area contributed by atoms with Crippen molar-refractivity contribution < 1.29 is 10.2 Å². The number of hydrogen-bond donors (Lipinski definition) is 2. The van der Waals surface area contributed by atoms with Crippen LogP contribution >= 0.6 is 22.7 Å². The quantitative estimate of drug-likeness (QED) is 0.295. The van der Waals surface area contributed by atoms with Crippen LogP contribution in [0.15, 0.2) is 84.9 Å². The molecule has 0 fully saturated rings. The summed E-state index contributed by atoms with van der Waals surface area (Å²) < 4.78 is 2.09. The fourth-order valence-electron chi connectivity index (χ4n) is 3.92. The van der Waals surface area contributed by atoms with E-state index in [9.17, 15) is 10.2 Å². The second kappa shape index (κ2) is 7.44. The maximum Gasteiger partial charge on any atom is 0.153 e. The lowest BCUT2D eigenvalue weighted by molar-refractivity contribution is 0.477. The minimum Gasteiger partial charge on any atom is -0.507 e. The first kappa shape index (κ1) is 19.0. The Balaban J connectivity index is 1.52. The SMILES string of the molecule is Oc1ccccc1-c1cccc2sc(-c3nc4c(-c5ccccc5O)cccc4s3)nc12. The highest BCUT2D eigenvalue weighted by atomic mass is 32.1. The largest absolute Gasteiger partial charge is 0.507 e. The van der Waals surface area contributed by atoms with Gasteiger partial charge in [0, 0.05) is 22.3 Å². The van der Waals surface area contributed by atoms with Gasteiger partial charge < -0.3 is 10.2 Å². The number of phenols is 2. The van der Waals surface area contributed by atoms with Gasteiger partial charge >= 0.3 is 0 Å². The Bertz CT molecular complexity index is 1500. The number of nitrogens with zero attached hydrogens (tertiary/aromatic N) is 2. The summed E-state index contributed by atoms with van der Waals surface area (Å²) in [6.07, 6.45) is 0. The summed E-state index contributed by atoms with van der Waals surface area (Å²) >= 11 is 3.18. The van der Waals surface area contributed by atoms with E-state index in [0.29, 0.717) is 0 Å². The first-order chi connectivity index (χ1) is 15.7. The van der Waals surface area contributed by atoms with Crippen LogP contribution in [0.3, 0.4) is 0 Å². The molecule has 0 unspecified atom stereocenters. The number of aromatic hydroxyl groups is 2. The van der Waals surface area contributed by atoms with Gasteiger partial charge in [-0.25, -0.2) is 9.97 Å². The van der Waals surface area contributed by atoms with Crippen LogP contribution in [0.2, 0.25) is 0 Å². The molecule has 0 bridgehead atoms. The van der Waals surface area contributed by atoms with Gasteiger partial charge in [0.05, 0.1) is 20.4 Å². The van der Waals surface area contributed by atoms with Gasteiger partial charge in [0.2, 0.25) is 0 Å². The van der Waals surface area contributed by atoms with Gasteiger partial charge in [0.25, 0.3) is 0 Å². The van der Waals surface area contributed by atoms with Crippen molar-refractivity contribution in [1.29, 1.82) is 0 Å². The third kappa shape index (κ3) is 3.04. The zero-order chi connectivity index (χ0) is 21.7. The van der Waals surface area contributed by atoms with Gasteiger partial charge in [-0.05, 0) is 24.3 Å². The Morgan fingerprint density at radius 2 is 0.875 bits per heavy atom. The lowest BCUT2D eigenvalue weighted by atomic mass is 10.0. The third-order valence-electron chi connectivity index (χ3n) is 5.41. The Labute approximate surface area is 191 Å². The van der Waals surface area contributed by atoms with Crippen LogP contribution in [-0.2, 0) is 0 Å². The molecule has 4 nitrogen and oxygen atoms in total. The number of rotatable bonds is 3. The van der Waals surface area contributed by atoms with Crippen LogP contribution in [0.5, 0.6) is 11.5 Å². The minimum absolute atomic E-state index is 0.238. The summed E-state index contributed by atoms with van der Waals surface area (Å²) in [6.45, 7) is 0. The molecule has 2 N–H and O–H groups in total. The molecular weight excluding hydrogens is 436 g/mol. The molecule has 0 aliphatic rings. The Morgan fingerprint density at radius 1 is 0.469 bits per heavy atom. The van der Waals surface area contributed by atoms with Crippen molar-refractivity contribution in [2.24, 2.45) is 0 Å². The normalized spacial score (nSPS) is 11.4. The van der Waals surface area contributed by atoms with Crippen molar-refractivity contribution in [3.8, 4) is 43.8 Å². The van der Waals surface area contributed by atoms with E-state index in [4.69, 9.17) is 9.97 Å². The Kier molecular flexibility index (Phi) is 4.41. The van der Waals surface area contributed by atoms with E-state index in [1.165, 1.54) is 0 Å².